The number of unbranched alkanes of at least 4 members (excludes halogenated alkanes) is 1. The van der Waals surface area contributed by atoms with Crippen molar-refractivity contribution >= 4 is 21.5 Å². The summed E-state index contributed by atoms with van der Waals surface area (Å²) in [6.07, 6.45) is 4.97. The zero-order valence-corrected chi connectivity index (χ0v) is 15.3. The van der Waals surface area contributed by atoms with Gasteiger partial charge in [-0.15, -0.1) is 0 Å². The monoisotopic (exact) mass is 374 g/mol. The highest BCUT2D eigenvalue weighted by Crippen LogP contribution is 2.14. The van der Waals surface area contributed by atoms with Crippen LogP contribution >= 0.6 is 0 Å². The van der Waals surface area contributed by atoms with E-state index in [0.717, 1.165) is 18.6 Å². The fraction of sp³-hybridized carbons (Fsp3) is 0.211. The molecular formula is C19H22N2O4S. The summed E-state index contributed by atoms with van der Waals surface area (Å²) in [5, 5.41) is 7.95. The minimum absolute atomic E-state index is 0.0318. The van der Waals surface area contributed by atoms with Crippen LogP contribution in [0.3, 0.4) is 0 Å². The maximum Gasteiger partial charge on any atom is 0.238 e. The molecular weight excluding hydrogens is 352 g/mol. The van der Waals surface area contributed by atoms with Gasteiger partial charge in [-0.25, -0.2) is 13.6 Å². The molecule has 0 unspecified atom stereocenters. The maximum absolute atomic E-state index is 12.1. The van der Waals surface area contributed by atoms with Crippen LogP contribution in [0.15, 0.2) is 65.7 Å². The van der Waals surface area contributed by atoms with Crippen molar-refractivity contribution in [3.63, 3.8) is 0 Å². The molecule has 0 radical (unpaired) electrons. The molecule has 7 heteroatoms. The lowest BCUT2D eigenvalue weighted by molar-refractivity contribution is 0.104. The first-order valence-corrected chi connectivity index (χ1v) is 9.78. The molecule has 0 aliphatic carbocycles. The fourth-order valence-corrected chi connectivity index (χ4v) is 2.62. The van der Waals surface area contributed by atoms with E-state index in [1.807, 2.05) is 0 Å². The van der Waals surface area contributed by atoms with Crippen LogP contribution in [0, 0.1) is 0 Å². The Labute approximate surface area is 153 Å². The van der Waals surface area contributed by atoms with Gasteiger partial charge in [0.15, 0.2) is 5.78 Å². The largest absolute Gasteiger partial charge is 0.494 e. The van der Waals surface area contributed by atoms with E-state index < -0.39 is 10.0 Å². The molecule has 0 aromatic heterocycles. The molecule has 0 saturated heterocycles. The molecule has 0 aliphatic rings. The summed E-state index contributed by atoms with van der Waals surface area (Å²) >= 11 is 0. The van der Waals surface area contributed by atoms with Gasteiger partial charge < -0.3 is 10.1 Å². The van der Waals surface area contributed by atoms with Crippen molar-refractivity contribution in [3.8, 4) is 5.75 Å². The van der Waals surface area contributed by atoms with E-state index in [1.54, 1.807) is 36.4 Å². The Morgan fingerprint density at radius 2 is 1.77 bits per heavy atom. The molecule has 0 bridgehead atoms. The summed E-state index contributed by atoms with van der Waals surface area (Å²) in [7, 11) is -3.71. The van der Waals surface area contributed by atoms with Gasteiger partial charge in [-0.05, 0) is 55.0 Å². The third kappa shape index (κ3) is 6.02. The molecule has 26 heavy (non-hydrogen) atoms. The Hall–Kier alpha value is -2.64. The van der Waals surface area contributed by atoms with Gasteiger partial charge in [-0.1, -0.05) is 13.3 Å². The minimum Gasteiger partial charge on any atom is -0.494 e. The van der Waals surface area contributed by atoms with Gasteiger partial charge in [0.1, 0.15) is 5.75 Å². The van der Waals surface area contributed by atoms with Crippen molar-refractivity contribution in [1.29, 1.82) is 0 Å². The van der Waals surface area contributed by atoms with Gasteiger partial charge in [0, 0.05) is 23.5 Å². The number of allylic oxidation sites excluding steroid dienone is 1. The van der Waals surface area contributed by atoms with Gasteiger partial charge >= 0.3 is 0 Å². The van der Waals surface area contributed by atoms with E-state index in [4.69, 9.17) is 9.88 Å². The zero-order valence-electron chi connectivity index (χ0n) is 14.5. The Balaban J connectivity index is 1.90. The third-order valence-corrected chi connectivity index (χ3v) is 4.50. The molecule has 0 atom stereocenters. The van der Waals surface area contributed by atoms with Crippen molar-refractivity contribution in [2.75, 3.05) is 11.9 Å². The molecule has 0 heterocycles. The van der Waals surface area contributed by atoms with E-state index in [1.165, 1.54) is 24.4 Å². The predicted molar refractivity (Wildman–Crippen MR) is 102 cm³/mol. The van der Waals surface area contributed by atoms with E-state index >= 15 is 0 Å². The van der Waals surface area contributed by atoms with Crippen molar-refractivity contribution < 1.29 is 17.9 Å². The van der Waals surface area contributed by atoms with Crippen molar-refractivity contribution in [2.45, 2.75) is 24.7 Å². The van der Waals surface area contributed by atoms with Gasteiger partial charge in [0.05, 0.1) is 11.5 Å². The number of ketones is 1. The molecule has 3 N–H and O–H groups in total. The zero-order chi connectivity index (χ0) is 19.0. The van der Waals surface area contributed by atoms with Crippen molar-refractivity contribution in [1.82, 2.24) is 0 Å². The molecule has 6 nitrogen and oxygen atoms in total. The summed E-state index contributed by atoms with van der Waals surface area (Å²) in [4.78, 5) is 12.2. The lowest BCUT2D eigenvalue weighted by Gasteiger charge is -2.05. The number of ether oxygens (including phenoxy) is 1. The van der Waals surface area contributed by atoms with Crippen LogP contribution in [-0.4, -0.2) is 20.8 Å². The minimum atomic E-state index is -3.71. The fourth-order valence-electron chi connectivity index (χ4n) is 2.10. The van der Waals surface area contributed by atoms with Crippen LogP contribution in [-0.2, 0) is 10.0 Å². The van der Waals surface area contributed by atoms with Gasteiger partial charge in [0.2, 0.25) is 10.0 Å². The van der Waals surface area contributed by atoms with Crippen molar-refractivity contribution in [2.24, 2.45) is 5.14 Å². The van der Waals surface area contributed by atoms with E-state index in [-0.39, 0.29) is 10.7 Å². The number of hydrogen-bond acceptors (Lipinski definition) is 5. The second-order valence-corrected chi connectivity index (χ2v) is 7.20. The average molecular weight is 374 g/mol. The van der Waals surface area contributed by atoms with E-state index in [9.17, 15) is 13.2 Å². The summed E-state index contributed by atoms with van der Waals surface area (Å²) in [6.45, 7) is 2.76. The normalized spacial score (nSPS) is 11.5. The summed E-state index contributed by atoms with van der Waals surface area (Å²) in [6, 6.07) is 12.9. The standard InChI is InChI=1S/C19H22N2O4S/c1-2-3-14-25-17-8-4-15(5-9-17)19(22)12-13-21-16-6-10-18(11-7-16)26(20,23)24/h4-13,21H,2-3,14H2,1H3,(H2,20,23,24). The number of benzene rings is 2. The molecule has 138 valence electrons. The molecule has 0 amide bonds. The SMILES string of the molecule is CCCCOc1ccc(C(=O)C=CNc2ccc(S(N)(=O)=O)cc2)cc1. The average Bonchev–Trinajstić information content (AvgIpc) is 2.62. The van der Waals surface area contributed by atoms with Crippen LogP contribution in [0.4, 0.5) is 5.69 Å². The lowest BCUT2D eigenvalue weighted by atomic mass is 10.1. The molecule has 2 aromatic carbocycles. The molecule has 0 aliphatic heterocycles. The number of nitrogens with two attached hydrogens (primary N) is 1. The first kappa shape index (κ1) is 19.7. The number of primary sulfonamides is 1. The first-order chi connectivity index (χ1) is 12.4. The number of carbonyl (C=O) groups is 1. The molecule has 0 fully saturated rings. The van der Waals surface area contributed by atoms with Gasteiger partial charge in [-0.2, -0.15) is 0 Å². The third-order valence-electron chi connectivity index (χ3n) is 3.57. The topological polar surface area (TPSA) is 98.5 Å². The highest BCUT2D eigenvalue weighted by molar-refractivity contribution is 7.89. The summed E-state index contributed by atoms with van der Waals surface area (Å²) in [5.74, 6) is 0.589. The van der Waals surface area contributed by atoms with Crippen LogP contribution in [0.1, 0.15) is 30.1 Å². The number of anilines is 1. The Kier molecular flexibility index (Phi) is 6.94. The van der Waals surface area contributed by atoms with Crippen LogP contribution in [0.25, 0.3) is 0 Å². The Morgan fingerprint density at radius 1 is 1.12 bits per heavy atom. The quantitative estimate of drug-likeness (QED) is 0.398. The highest BCUT2D eigenvalue weighted by atomic mass is 32.2. The van der Waals surface area contributed by atoms with E-state index in [0.29, 0.717) is 17.9 Å². The molecule has 2 aromatic rings. The smallest absolute Gasteiger partial charge is 0.238 e. The highest BCUT2D eigenvalue weighted by Gasteiger charge is 2.06. The Morgan fingerprint density at radius 3 is 2.35 bits per heavy atom. The number of carbonyl (C=O) groups excluding carboxylic acids is 1. The molecule has 2 rings (SSSR count). The molecule has 0 saturated carbocycles. The summed E-state index contributed by atoms with van der Waals surface area (Å²) in [5.41, 5.74) is 1.19. The number of sulfonamides is 1. The van der Waals surface area contributed by atoms with Gasteiger partial charge in [-0.3, -0.25) is 4.79 Å². The lowest BCUT2D eigenvalue weighted by Crippen LogP contribution is -2.11. The van der Waals surface area contributed by atoms with E-state index in [2.05, 4.69) is 12.2 Å². The van der Waals surface area contributed by atoms with Gasteiger partial charge in [0.25, 0.3) is 0 Å². The maximum atomic E-state index is 12.1. The predicted octanol–water partition coefficient (Wildman–Crippen LogP) is 3.32. The van der Waals surface area contributed by atoms with Crippen LogP contribution in [0.5, 0.6) is 5.75 Å². The van der Waals surface area contributed by atoms with Crippen LogP contribution < -0.4 is 15.2 Å². The Bertz CT molecular complexity index is 857. The second-order valence-electron chi connectivity index (χ2n) is 5.64. The summed E-state index contributed by atoms with van der Waals surface area (Å²) < 4.78 is 27.9. The van der Waals surface area contributed by atoms with Crippen molar-refractivity contribution in [3.05, 3.63) is 66.4 Å². The second kappa shape index (κ2) is 9.17. The van der Waals surface area contributed by atoms with Crippen LogP contribution in [0.2, 0.25) is 0 Å². The molecule has 0 spiro atoms. The number of nitrogens with one attached hydrogen (secondary N) is 1. The number of hydrogen-bond donors (Lipinski definition) is 2. The number of rotatable bonds is 9. The first-order valence-electron chi connectivity index (χ1n) is 8.23.